The Morgan fingerprint density at radius 3 is 2.18 bits per heavy atom. The van der Waals surface area contributed by atoms with E-state index in [0.717, 1.165) is 32.5 Å². The number of hydrogen-bond acceptors (Lipinski definition) is 4. The van der Waals surface area contributed by atoms with Crippen LogP contribution in [0.2, 0.25) is 0 Å². The van der Waals surface area contributed by atoms with E-state index in [2.05, 4.69) is 6.92 Å². The Hall–Kier alpha value is -1.24. The van der Waals surface area contributed by atoms with Crippen LogP contribution in [0.3, 0.4) is 0 Å². The highest BCUT2D eigenvalue weighted by atomic mass is 19.2. The van der Waals surface area contributed by atoms with Crippen molar-refractivity contribution in [3.63, 3.8) is 0 Å². The number of benzene rings is 1. The predicted octanol–water partition coefficient (Wildman–Crippen LogP) is 7.00. The van der Waals surface area contributed by atoms with Crippen LogP contribution in [0.5, 0.6) is 5.75 Å². The van der Waals surface area contributed by atoms with E-state index in [-0.39, 0.29) is 24.1 Å². The van der Waals surface area contributed by atoms with Gasteiger partial charge in [0, 0.05) is 11.8 Å². The Bertz CT molecular complexity index is 749. The number of ether oxygens (including phenoxy) is 4. The van der Waals surface area contributed by atoms with E-state index < -0.39 is 11.6 Å². The summed E-state index contributed by atoms with van der Waals surface area (Å²) < 4.78 is 52.3. The van der Waals surface area contributed by atoms with Crippen LogP contribution < -0.4 is 4.74 Å². The Morgan fingerprint density at radius 1 is 0.794 bits per heavy atom. The highest BCUT2D eigenvalue weighted by Gasteiger charge is 2.36. The summed E-state index contributed by atoms with van der Waals surface area (Å²) >= 11 is 0. The lowest BCUT2D eigenvalue weighted by atomic mass is 9.73. The molecule has 0 N–H and O–H groups in total. The van der Waals surface area contributed by atoms with Crippen LogP contribution in [0.1, 0.15) is 89.5 Å². The third kappa shape index (κ3) is 6.30. The fraction of sp³-hybridized carbons (Fsp3) is 0.786. The molecule has 0 radical (unpaired) electrons. The van der Waals surface area contributed by atoms with E-state index >= 15 is 0 Å². The molecule has 2 atom stereocenters. The van der Waals surface area contributed by atoms with Gasteiger partial charge in [-0.2, -0.15) is 4.39 Å². The van der Waals surface area contributed by atoms with Crippen molar-refractivity contribution in [1.29, 1.82) is 0 Å². The van der Waals surface area contributed by atoms with Gasteiger partial charge in [-0.1, -0.05) is 25.8 Å². The fourth-order valence-corrected chi connectivity index (χ4v) is 6.06. The second-order valence-electron chi connectivity index (χ2n) is 10.4. The first kappa shape index (κ1) is 25.8. The van der Waals surface area contributed by atoms with Crippen LogP contribution in [0.15, 0.2) is 12.1 Å². The van der Waals surface area contributed by atoms with Crippen molar-refractivity contribution in [2.24, 2.45) is 17.8 Å². The molecule has 0 amide bonds. The Labute approximate surface area is 203 Å². The van der Waals surface area contributed by atoms with Gasteiger partial charge in [0.15, 0.2) is 17.9 Å². The summed E-state index contributed by atoms with van der Waals surface area (Å²) in [4.78, 5) is 0. The zero-order valence-corrected chi connectivity index (χ0v) is 20.9. The molecule has 0 spiro atoms. The van der Waals surface area contributed by atoms with Gasteiger partial charge < -0.3 is 18.9 Å². The van der Waals surface area contributed by atoms with Crippen LogP contribution in [-0.4, -0.2) is 38.8 Å². The fourth-order valence-electron chi connectivity index (χ4n) is 6.06. The molecular formula is C28H42F2O4. The standard InChI is InChI=1S/C28H42F2O4/c1-3-5-6-7-26-33-17-22(18-34-26)19-8-10-20(11-9-19)24-14-12-21(16-32-24)23-13-15-25(31-4-2)28(30)27(23)29/h13,15,19-22,24,26H,3-12,14,16-18H2,1-2H3. The molecule has 0 aromatic heterocycles. The van der Waals surface area contributed by atoms with Gasteiger partial charge in [-0.25, -0.2) is 4.39 Å². The molecule has 2 heterocycles. The van der Waals surface area contributed by atoms with Gasteiger partial charge in [0.1, 0.15) is 0 Å². The molecule has 1 saturated carbocycles. The van der Waals surface area contributed by atoms with Gasteiger partial charge >= 0.3 is 0 Å². The van der Waals surface area contributed by atoms with Crippen molar-refractivity contribution < 1.29 is 27.7 Å². The highest BCUT2D eigenvalue weighted by molar-refractivity contribution is 5.33. The minimum atomic E-state index is -0.886. The molecule has 1 aromatic rings. The molecule has 1 aliphatic carbocycles. The van der Waals surface area contributed by atoms with Gasteiger partial charge in [0.2, 0.25) is 5.82 Å². The summed E-state index contributed by atoms with van der Waals surface area (Å²) in [6.45, 7) is 6.41. The normalized spacial score (nSPS) is 32.5. The minimum absolute atomic E-state index is 0.00332. The molecule has 2 unspecified atom stereocenters. The van der Waals surface area contributed by atoms with Crippen LogP contribution in [0.4, 0.5) is 8.78 Å². The van der Waals surface area contributed by atoms with Gasteiger partial charge in [-0.15, -0.1) is 0 Å². The van der Waals surface area contributed by atoms with E-state index in [1.807, 2.05) is 0 Å². The zero-order valence-electron chi connectivity index (χ0n) is 20.9. The van der Waals surface area contributed by atoms with Gasteiger partial charge in [0.25, 0.3) is 0 Å². The van der Waals surface area contributed by atoms with Crippen molar-refractivity contribution in [2.45, 2.75) is 96.4 Å². The zero-order chi connectivity index (χ0) is 23.9. The van der Waals surface area contributed by atoms with Crippen LogP contribution in [0.25, 0.3) is 0 Å². The smallest absolute Gasteiger partial charge is 0.200 e. The summed E-state index contributed by atoms with van der Waals surface area (Å²) in [7, 11) is 0. The highest BCUT2D eigenvalue weighted by Crippen LogP contribution is 2.41. The lowest BCUT2D eigenvalue weighted by Gasteiger charge is -2.41. The van der Waals surface area contributed by atoms with E-state index in [0.29, 0.717) is 36.5 Å². The van der Waals surface area contributed by atoms with Crippen LogP contribution in [0, 0.1) is 29.4 Å². The lowest BCUT2D eigenvalue weighted by Crippen LogP contribution is -2.39. The molecule has 4 rings (SSSR count). The summed E-state index contributed by atoms with van der Waals surface area (Å²) in [6, 6.07) is 3.20. The SMILES string of the molecule is CCCCCC1OCC(C2CCC(C3CCC(c4ccc(OCC)c(F)c4F)CO3)CC2)CO1. The number of hydrogen-bond donors (Lipinski definition) is 0. The second kappa shape index (κ2) is 12.6. The summed E-state index contributed by atoms with van der Waals surface area (Å²) in [5.74, 6) is -0.0461. The first-order valence-electron chi connectivity index (χ1n) is 13.6. The molecule has 6 heteroatoms. The molecule has 0 bridgehead atoms. The molecule has 2 saturated heterocycles. The molecule has 3 fully saturated rings. The molecule has 3 aliphatic rings. The monoisotopic (exact) mass is 480 g/mol. The van der Waals surface area contributed by atoms with Crippen molar-refractivity contribution in [2.75, 3.05) is 26.4 Å². The molecule has 2 aliphatic heterocycles. The molecule has 34 heavy (non-hydrogen) atoms. The Kier molecular flexibility index (Phi) is 9.61. The maximum absolute atomic E-state index is 14.6. The molecule has 4 nitrogen and oxygen atoms in total. The third-order valence-corrected chi connectivity index (χ3v) is 8.17. The maximum atomic E-state index is 14.6. The van der Waals surface area contributed by atoms with E-state index in [4.69, 9.17) is 18.9 Å². The summed E-state index contributed by atoms with van der Waals surface area (Å²) in [6.07, 6.45) is 11.4. The quantitative estimate of drug-likeness (QED) is 0.357. The van der Waals surface area contributed by atoms with E-state index in [9.17, 15) is 8.78 Å². The molecule has 192 valence electrons. The van der Waals surface area contributed by atoms with Crippen molar-refractivity contribution in [3.8, 4) is 5.75 Å². The van der Waals surface area contributed by atoms with E-state index in [1.54, 1.807) is 13.0 Å². The van der Waals surface area contributed by atoms with E-state index in [1.165, 1.54) is 51.0 Å². The topological polar surface area (TPSA) is 36.9 Å². The lowest BCUT2D eigenvalue weighted by molar-refractivity contribution is -0.213. The summed E-state index contributed by atoms with van der Waals surface area (Å²) in [5, 5.41) is 0. The second-order valence-corrected chi connectivity index (χ2v) is 10.4. The Morgan fingerprint density at radius 2 is 1.53 bits per heavy atom. The van der Waals surface area contributed by atoms with Crippen molar-refractivity contribution >= 4 is 0 Å². The van der Waals surface area contributed by atoms with Crippen LogP contribution >= 0.6 is 0 Å². The largest absolute Gasteiger partial charge is 0.491 e. The average molecular weight is 481 g/mol. The summed E-state index contributed by atoms with van der Waals surface area (Å²) in [5.41, 5.74) is 0.411. The number of rotatable bonds is 9. The first-order chi connectivity index (χ1) is 16.6. The van der Waals surface area contributed by atoms with Gasteiger partial charge in [0.05, 0.1) is 32.5 Å². The molecular weight excluding hydrogens is 438 g/mol. The number of halogens is 2. The maximum Gasteiger partial charge on any atom is 0.200 e. The first-order valence-corrected chi connectivity index (χ1v) is 13.6. The third-order valence-electron chi connectivity index (χ3n) is 8.17. The Balaban J connectivity index is 1.19. The number of unbranched alkanes of at least 4 members (excludes halogenated alkanes) is 2. The average Bonchev–Trinajstić information content (AvgIpc) is 2.88. The predicted molar refractivity (Wildman–Crippen MR) is 128 cm³/mol. The van der Waals surface area contributed by atoms with Gasteiger partial charge in [-0.3, -0.25) is 0 Å². The minimum Gasteiger partial charge on any atom is -0.491 e. The van der Waals surface area contributed by atoms with Crippen LogP contribution in [-0.2, 0) is 14.2 Å². The van der Waals surface area contributed by atoms with Gasteiger partial charge in [-0.05, 0) is 81.8 Å². The van der Waals surface area contributed by atoms with Crippen molar-refractivity contribution in [1.82, 2.24) is 0 Å². The molecule has 1 aromatic carbocycles. The van der Waals surface area contributed by atoms with Crippen molar-refractivity contribution in [3.05, 3.63) is 29.3 Å².